The summed E-state index contributed by atoms with van der Waals surface area (Å²) in [6, 6.07) is 15.2. The van der Waals surface area contributed by atoms with E-state index in [9.17, 15) is 0 Å². The van der Waals surface area contributed by atoms with Gasteiger partial charge in [-0.25, -0.2) is 0 Å². The molecule has 0 aliphatic heterocycles. The number of oxazole rings is 1. The zero-order chi connectivity index (χ0) is 18.7. The Kier molecular flexibility index (Phi) is 5.03. The van der Waals surface area contributed by atoms with E-state index in [2.05, 4.69) is 23.9 Å². The van der Waals surface area contributed by atoms with Crippen LogP contribution in [0.3, 0.4) is 0 Å². The first-order valence-corrected chi connectivity index (χ1v) is 9.66. The normalized spacial score (nSPS) is 15.2. The van der Waals surface area contributed by atoms with Crippen LogP contribution in [0, 0.1) is 0 Å². The lowest BCUT2D eigenvalue weighted by molar-refractivity contribution is 0.176. The maximum Gasteiger partial charge on any atom is 0.400 e. The average molecular weight is 366 g/mol. The fourth-order valence-corrected chi connectivity index (χ4v) is 3.50. The number of aromatic nitrogens is 1. The van der Waals surface area contributed by atoms with E-state index in [1.807, 2.05) is 48.5 Å². The zero-order valence-corrected chi connectivity index (χ0v) is 16.0. The number of benzene rings is 2. The van der Waals surface area contributed by atoms with Gasteiger partial charge in [-0.1, -0.05) is 19.1 Å². The highest BCUT2D eigenvalue weighted by Gasteiger charge is 2.45. The van der Waals surface area contributed by atoms with Crippen molar-refractivity contribution < 1.29 is 13.9 Å². The van der Waals surface area contributed by atoms with Gasteiger partial charge in [-0.15, -0.1) is 0 Å². The van der Waals surface area contributed by atoms with Gasteiger partial charge in [-0.3, -0.25) is 0 Å². The van der Waals surface area contributed by atoms with Crippen molar-refractivity contribution in [2.75, 3.05) is 20.2 Å². The smallest absolute Gasteiger partial charge is 0.400 e. The van der Waals surface area contributed by atoms with E-state index in [-0.39, 0.29) is 6.08 Å². The Hall–Kier alpha value is -2.53. The van der Waals surface area contributed by atoms with Gasteiger partial charge >= 0.3 is 6.08 Å². The second-order valence-electron chi connectivity index (χ2n) is 7.27. The van der Waals surface area contributed by atoms with Crippen LogP contribution in [0.25, 0.3) is 11.1 Å². The van der Waals surface area contributed by atoms with Crippen LogP contribution in [0.2, 0.25) is 0 Å². The molecule has 1 aliphatic carbocycles. The molecule has 0 spiro atoms. The highest BCUT2D eigenvalue weighted by Crippen LogP contribution is 2.44. The largest absolute Gasteiger partial charge is 0.494 e. The van der Waals surface area contributed by atoms with Crippen molar-refractivity contribution in [3.63, 3.8) is 0 Å². The van der Waals surface area contributed by atoms with Gasteiger partial charge in [0.25, 0.3) is 0 Å². The summed E-state index contributed by atoms with van der Waals surface area (Å²) in [7, 11) is 2.23. The van der Waals surface area contributed by atoms with E-state index in [1.54, 1.807) is 0 Å². The van der Waals surface area contributed by atoms with Crippen LogP contribution in [0.4, 0.5) is 0 Å². The Bertz CT molecular complexity index is 851. The van der Waals surface area contributed by atoms with Crippen LogP contribution >= 0.6 is 0 Å². The van der Waals surface area contributed by atoms with Gasteiger partial charge in [0.15, 0.2) is 5.58 Å². The third-order valence-electron chi connectivity index (χ3n) is 5.34. The first-order valence-electron chi connectivity index (χ1n) is 9.66. The molecule has 4 rings (SSSR count). The van der Waals surface area contributed by atoms with Crippen molar-refractivity contribution in [3.05, 3.63) is 48.5 Å². The summed E-state index contributed by atoms with van der Waals surface area (Å²) in [6.45, 7) is 4.12. The molecule has 0 bridgehead atoms. The summed E-state index contributed by atoms with van der Waals surface area (Å²) < 4.78 is 17.2. The number of hydrogen-bond donors (Lipinski definition) is 0. The molecule has 5 nitrogen and oxygen atoms in total. The third kappa shape index (κ3) is 4.08. The van der Waals surface area contributed by atoms with Crippen LogP contribution in [-0.2, 0) is 0 Å². The SMILES string of the molecule is CCCN(C)C1(CCOc2ccc(Oc3nc4ccccc4o3)cc2)CC1. The van der Waals surface area contributed by atoms with Crippen LogP contribution in [0.5, 0.6) is 17.6 Å². The standard InChI is InChI=1S/C22H26N2O3/c1-3-15-24(2)22(12-13-22)14-16-25-17-8-10-18(11-9-17)26-21-23-19-6-4-5-7-20(19)27-21/h4-11H,3,12-16H2,1-2H3. The number of ether oxygens (including phenoxy) is 2. The van der Waals surface area contributed by atoms with Crippen molar-refractivity contribution in [1.29, 1.82) is 0 Å². The van der Waals surface area contributed by atoms with Gasteiger partial charge in [0.1, 0.15) is 17.0 Å². The maximum absolute atomic E-state index is 5.94. The predicted molar refractivity (Wildman–Crippen MR) is 106 cm³/mol. The summed E-state index contributed by atoms with van der Waals surface area (Å²) in [5.74, 6) is 1.53. The molecule has 0 radical (unpaired) electrons. The molecule has 0 atom stereocenters. The molecule has 142 valence electrons. The van der Waals surface area contributed by atoms with Crippen LogP contribution < -0.4 is 9.47 Å². The first kappa shape index (κ1) is 17.9. The van der Waals surface area contributed by atoms with Gasteiger partial charge in [0, 0.05) is 5.54 Å². The van der Waals surface area contributed by atoms with E-state index >= 15 is 0 Å². The molecule has 0 amide bonds. The van der Waals surface area contributed by atoms with Gasteiger partial charge in [0.2, 0.25) is 0 Å². The molecular formula is C22H26N2O3. The monoisotopic (exact) mass is 366 g/mol. The fraction of sp³-hybridized carbons (Fsp3) is 0.409. The molecular weight excluding hydrogens is 340 g/mol. The van der Waals surface area contributed by atoms with Crippen molar-refractivity contribution in [1.82, 2.24) is 9.88 Å². The van der Waals surface area contributed by atoms with Crippen molar-refractivity contribution in [2.45, 2.75) is 38.1 Å². The highest BCUT2D eigenvalue weighted by atomic mass is 16.6. The molecule has 1 aliphatic rings. The molecule has 0 unspecified atom stereocenters. The summed E-state index contributed by atoms with van der Waals surface area (Å²) in [5.41, 5.74) is 1.87. The molecule has 2 aromatic carbocycles. The topological polar surface area (TPSA) is 47.7 Å². The van der Waals surface area contributed by atoms with E-state index in [1.165, 1.54) is 19.3 Å². The van der Waals surface area contributed by atoms with E-state index < -0.39 is 0 Å². The molecule has 27 heavy (non-hydrogen) atoms. The number of para-hydroxylation sites is 2. The number of rotatable bonds is 9. The van der Waals surface area contributed by atoms with Crippen LogP contribution in [0.1, 0.15) is 32.6 Å². The number of nitrogens with zero attached hydrogens (tertiary/aromatic N) is 2. The minimum Gasteiger partial charge on any atom is -0.494 e. The third-order valence-corrected chi connectivity index (χ3v) is 5.34. The Labute approximate surface area is 159 Å². The maximum atomic E-state index is 5.94. The number of fused-ring (bicyclic) bond motifs is 1. The molecule has 1 saturated carbocycles. The Morgan fingerprint density at radius 3 is 2.52 bits per heavy atom. The van der Waals surface area contributed by atoms with Gasteiger partial charge in [0.05, 0.1) is 6.61 Å². The molecule has 0 N–H and O–H groups in total. The van der Waals surface area contributed by atoms with Crippen molar-refractivity contribution in [3.8, 4) is 17.6 Å². The summed E-state index contributed by atoms with van der Waals surface area (Å²) in [5, 5.41) is 0. The van der Waals surface area contributed by atoms with E-state index in [0.29, 0.717) is 11.3 Å². The van der Waals surface area contributed by atoms with E-state index in [0.717, 1.165) is 36.4 Å². The first-order chi connectivity index (χ1) is 13.2. The number of hydrogen-bond acceptors (Lipinski definition) is 5. The Balaban J connectivity index is 1.30. The van der Waals surface area contributed by atoms with Gasteiger partial charge in [-0.2, -0.15) is 4.98 Å². The Morgan fingerprint density at radius 2 is 1.81 bits per heavy atom. The molecule has 1 fully saturated rings. The van der Waals surface area contributed by atoms with Crippen molar-refractivity contribution >= 4 is 11.1 Å². The van der Waals surface area contributed by atoms with Gasteiger partial charge in [-0.05, 0) is 75.7 Å². The molecule has 1 heterocycles. The minimum absolute atomic E-state index is 0.250. The second-order valence-corrected chi connectivity index (χ2v) is 7.27. The summed E-state index contributed by atoms with van der Waals surface area (Å²) in [6.07, 6.45) is 5.08. The average Bonchev–Trinajstić information content (AvgIpc) is 3.35. The highest BCUT2D eigenvalue weighted by molar-refractivity contribution is 5.72. The molecule has 3 aromatic rings. The van der Waals surface area contributed by atoms with Crippen LogP contribution in [-0.4, -0.2) is 35.6 Å². The second kappa shape index (κ2) is 7.61. The zero-order valence-electron chi connectivity index (χ0n) is 16.0. The van der Waals surface area contributed by atoms with Crippen molar-refractivity contribution in [2.24, 2.45) is 0 Å². The Morgan fingerprint density at radius 1 is 1.07 bits per heavy atom. The fourth-order valence-electron chi connectivity index (χ4n) is 3.50. The van der Waals surface area contributed by atoms with Gasteiger partial charge < -0.3 is 18.8 Å². The quantitative estimate of drug-likeness (QED) is 0.517. The minimum atomic E-state index is 0.250. The lowest BCUT2D eigenvalue weighted by Crippen LogP contribution is -2.35. The lowest BCUT2D eigenvalue weighted by Gasteiger charge is -2.27. The predicted octanol–water partition coefficient (Wildman–Crippen LogP) is 5.26. The lowest BCUT2D eigenvalue weighted by atomic mass is 10.1. The van der Waals surface area contributed by atoms with Crippen LogP contribution in [0.15, 0.2) is 52.9 Å². The molecule has 0 saturated heterocycles. The molecule has 1 aromatic heterocycles. The molecule has 5 heteroatoms. The summed E-state index contributed by atoms with van der Waals surface area (Å²) >= 11 is 0. The van der Waals surface area contributed by atoms with E-state index in [4.69, 9.17) is 13.9 Å². The summed E-state index contributed by atoms with van der Waals surface area (Å²) in [4.78, 5) is 6.81.